The Kier molecular flexibility index (Phi) is 12.7. The number of anilines is 9. The molecule has 1 aromatic heterocycles. The van der Waals surface area contributed by atoms with Gasteiger partial charge in [-0.2, -0.15) is 0 Å². The molecule has 0 atom stereocenters. The maximum absolute atomic E-state index is 7.98. The second kappa shape index (κ2) is 19.4. The zero-order valence-electron chi connectivity index (χ0n) is 57.5. The van der Waals surface area contributed by atoms with Crippen LogP contribution in [0.25, 0.3) is 11.0 Å². The standard InChI is InChI=1S/C85H96BN3O/c1-77(2)37-39-79(5,6)63-45-57(33-35-61(63)77)88-70-51-67-66(82(11,12)42-43-83(67,13)14)50-69(70)86-74-71(88)47-59(87(55-27-23-20-24-28-55)56-31-29-54(30-32-56)85(17,18)53-25-21-19-22-26-53)48-72(74)89(58-34-36-62-64(46-58)80(7,8)40-38-78(62,3)4)75-60-49-65-68(52-73(60)90-76(75)86)84(15,16)44-41-81(65,9)10/h19-36,45-52H,37-44H2,1-18H3. The highest BCUT2D eigenvalue weighted by molar-refractivity contribution is 7.00. The van der Waals surface area contributed by atoms with Crippen molar-refractivity contribution in [1.29, 1.82) is 0 Å². The van der Waals surface area contributed by atoms with Gasteiger partial charge in [0.2, 0.25) is 0 Å². The minimum atomic E-state index is -0.219. The van der Waals surface area contributed by atoms with Gasteiger partial charge in [-0.3, -0.25) is 0 Å². The molecule has 0 saturated heterocycles. The second-order valence-corrected chi connectivity index (χ2v) is 34.4. The summed E-state index contributed by atoms with van der Waals surface area (Å²) in [6, 6.07) is 62.4. The molecule has 0 unspecified atom stereocenters. The van der Waals surface area contributed by atoms with E-state index in [-0.39, 0.29) is 55.4 Å². The number of fused-ring (bicyclic) bond motifs is 10. The van der Waals surface area contributed by atoms with E-state index in [4.69, 9.17) is 4.42 Å². The van der Waals surface area contributed by atoms with Gasteiger partial charge in [-0.15, -0.1) is 0 Å². The van der Waals surface area contributed by atoms with E-state index in [9.17, 15) is 0 Å². The Morgan fingerprint density at radius 3 is 1.28 bits per heavy atom. The van der Waals surface area contributed by atoms with E-state index < -0.39 is 0 Å². The molecule has 0 saturated carbocycles. The smallest absolute Gasteiger partial charge is 0.297 e. The molecule has 5 heteroatoms. The fourth-order valence-electron chi connectivity index (χ4n) is 17.8. The molecule has 4 nitrogen and oxygen atoms in total. The van der Waals surface area contributed by atoms with Crippen molar-refractivity contribution >= 4 is 85.5 Å². The summed E-state index contributed by atoms with van der Waals surface area (Å²) >= 11 is 0. The number of furan rings is 1. The van der Waals surface area contributed by atoms with E-state index in [0.717, 1.165) is 79.7 Å². The third kappa shape index (κ3) is 8.86. The Hall–Kier alpha value is -7.24. The van der Waals surface area contributed by atoms with Gasteiger partial charge in [0.25, 0.3) is 6.71 Å². The second-order valence-electron chi connectivity index (χ2n) is 34.4. The predicted molar refractivity (Wildman–Crippen MR) is 385 cm³/mol. The summed E-state index contributed by atoms with van der Waals surface area (Å²) in [5, 5.41) is 1.20. The largest absolute Gasteiger partial charge is 0.468 e. The van der Waals surface area contributed by atoms with E-state index >= 15 is 0 Å². The van der Waals surface area contributed by atoms with E-state index in [1.165, 1.54) is 106 Å². The lowest BCUT2D eigenvalue weighted by Crippen LogP contribution is -2.61. The summed E-state index contributed by atoms with van der Waals surface area (Å²) in [5.41, 5.74) is 29.2. The minimum absolute atomic E-state index is 0.00160. The zero-order valence-corrected chi connectivity index (χ0v) is 57.5. The van der Waals surface area contributed by atoms with Crippen molar-refractivity contribution < 1.29 is 4.42 Å². The first-order valence-electron chi connectivity index (χ1n) is 34.2. The van der Waals surface area contributed by atoms with Crippen molar-refractivity contribution in [2.75, 3.05) is 14.7 Å². The molecule has 0 amide bonds. The number of hydrogen-bond acceptors (Lipinski definition) is 4. The Bertz CT molecular complexity index is 4410. The average molecular weight is 1190 g/mol. The molecule has 0 fully saturated rings. The number of nitrogens with zero attached hydrogens (tertiary/aromatic N) is 3. The summed E-state index contributed by atoms with van der Waals surface area (Å²) in [4.78, 5) is 7.97. The maximum Gasteiger partial charge on any atom is 0.297 e. The van der Waals surface area contributed by atoms with Crippen LogP contribution >= 0.6 is 0 Å². The van der Waals surface area contributed by atoms with Crippen LogP contribution in [0.3, 0.4) is 0 Å². The van der Waals surface area contributed by atoms with Crippen LogP contribution in [-0.2, 0) is 48.7 Å². The summed E-state index contributed by atoms with van der Waals surface area (Å²) in [6.07, 6.45) is 9.12. The number of para-hydroxylation sites is 1. The maximum atomic E-state index is 7.98. The van der Waals surface area contributed by atoms with Crippen LogP contribution in [0, 0.1) is 0 Å². The van der Waals surface area contributed by atoms with Crippen molar-refractivity contribution in [2.24, 2.45) is 0 Å². The monoisotopic (exact) mass is 1190 g/mol. The van der Waals surface area contributed by atoms with E-state index in [1.54, 1.807) is 0 Å². The topological polar surface area (TPSA) is 22.9 Å². The van der Waals surface area contributed by atoms with Gasteiger partial charge in [0.05, 0.1) is 17.0 Å². The van der Waals surface area contributed by atoms with Crippen molar-refractivity contribution in [3.63, 3.8) is 0 Å². The van der Waals surface area contributed by atoms with Gasteiger partial charge in [0.1, 0.15) is 5.58 Å². The van der Waals surface area contributed by atoms with Crippen molar-refractivity contribution in [3.8, 4) is 0 Å². The average Bonchev–Trinajstić information content (AvgIpc) is 1.22. The minimum Gasteiger partial charge on any atom is -0.468 e. The van der Waals surface area contributed by atoms with E-state index in [2.05, 4.69) is 297 Å². The Balaban J connectivity index is 1.10. The quantitative estimate of drug-likeness (QED) is 0.148. The molecular weight excluding hydrogens is 1090 g/mol. The molecule has 9 aromatic rings. The highest BCUT2D eigenvalue weighted by Gasteiger charge is 2.51. The van der Waals surface area contributed by atoms with Gasteiger partial charge >= 0.3 is 0 Å². The fourth-order valence-corrected chi connectivity index (χ4v) is 17.8. The van der Waals surface area contributed by atoms with Crippen LogP contribution in [0.1, 0.15) is 232 Å². The first kappa shape index (κ1) is 59.1. The normalized spacial score (nSPS) is 20.4. The molecule has 15 rings (SSSR count). The Morgan fingerprint density at radius 2 is 0.767 bits per heavy atom. The summed E-state index contributed by atoms with van der Waals surface area (Å²) in [5.74, 6) is 0. The Labute approximate surface area is 539 Å². The highest BCUT2D eigenvalue weighted by atomic mass is 16.3. The van der Waals surface area contributed by atoms with Gasteiger partial charge in [0, 0.05) is 50.6 Å². The highest BCUT2D eigenvalue weighted by Crippen LogP contribution is 2.57. The Morgan fingerprint density at radius 1 is 0.367 bits per heavy atom. The van der Waals surface area contributed by atoms with Gasteiger partial charge in [-0.25, -0.2) is 0 Å². The molecule has 0 spiro atoms. The van der Waals surface area contributed by atoms with E-state index in [1.807, 2.05) is 0 Å². The molecule has 90 heavy (non-hydrogen) atoms. The van der Waals surface area contributed by atoms with Crippen LogP contribution < -0.4 is 31.3 Å². The molecule has 460 valence electrons. The van der Waals surface area contributed by atoms with Crippen LogP contribution in [0.15, 0.2) is 162 Å². The SMILES string of the molecule is CC1(C)CCC(C)(C)c2cc(N3c4cc5c(cc4B4c6oc7cc8c(cc7c6N(c6ccc7c(c6)C(C)(C)CCC7(C)C)c6cc(N(c7ccccc7)c7ccc(C(C)(C)c9ccccc9)cc7)cc3c64)C(C)(C)CCC8(C)C)C(C)(C)CCC5(C)C)ccc21. The predicted octanol–water partition coefficient (Wildman–Crippen LogP) is 21.7. The van der Waals surface area contributed by atoms with Crippen molar-refractivity contribution in [3.05, 3.63) is 213 Å². The molecule has 0 bridgehead atoms. The molecule has 6 aliphatic rings. The summed E-state index contributed by atoms with van der Waals surface area (Å²) in [7, 11) is 0. The third-order valence-electron chi connectivity index (χ3n) is 24.4. The fraction of sp³-hybridized carbons (Fsp3) is 0.412. The molecule has 0 radical (unpaired) electrons. The molecule has 4 aliphatic carbocycles. The van der Waals surface area contributed by atoms with Gasteiger partial charge in [-0.1, -0.05) is 203 Å². The number of rotatable bonds is 7. The lowest BCUT2D eigenvalue weighted by molar-refractivity contribution is 0.332. The van der Waals surface area contributed by atoms with Gasteiger partial charge in [0.15, 0.2) is 0 Å². The molecule has 8 aromatic carbocycles. The molecular formula is C85H96BN3O. The zero-order chi connectivity index (χ0) is 63.4. The third-order valence-corrected chi connectivity index (χ3v) is 24.4. The summed E-state index contributed by atoms with van der Waals surface area (Å²) in [6.45, 7) is 44.2. The first-order chi connectivity index (χ1) is 42.3. The molecule has 2 aliphatic heterocycles. The number of hydrogen-bond donors (Lipinski definition) is 0. The molecule has 0 N–H and O–H groups in total. The lowest BCUT2D eigenvalue weighted by Gasteiger charge is -2.47. The van der Waals surface area contributed by atoms with E-state index in [0.29, 0.717) is 0 Å². The van der Waals surface area contributed by atoms with Crippen LogP contribution in [0.5, 0.6) is 0 Å². The van der Waals surface area contributed by atoms with Gasteiger partial charge in [-0.05, 0) is 240 Å². The molecule has 3 heterocycles. The lowest BCUT2D eigenvalue weighted by atomic mass is 9.35. The first-order valence-corrected chi connectivity index (χ1v) is 34.2. The van der Waals surface area contributed by atoms with Crippen molar-refractivity contribution in [1.82, 2.24) is 0 Å². The van der Waals surface area contributed by atoms with Crippen LogP contribution in [-0.4, -0.2) is 6.71 Å². The summed E-state index contributed by atoms with van der Waals surface area (Å²) < 4.78 is 7.98. The van der Waals surface area contributed by atoms with Crippen LogP contribution in [0.2, 0.25) is 0 Å². The van der Waals surface area contributed by atoms with Crippen molar-refractivity contribution in [2.45, 2.75) is 225 Å². The van der Waals surface area contributed by atoms with Crippen LogP contribution in [0.4, 0.5) is 51.2 Å². The van der Waals surface area contributed by atoms with Gasteiger partial charge < -0.3 is 19.1 Å². The number of benzene rings is 8.